The number of halogens is 2. The van der Waals surface area contributed by atoms with Crippen LogP contribution in [0.1, 0.15) is 64.8 Å². The summed E-state index contributed by atoms with van der Waals surface area (Å²) in [6.07, 6.45) is 5.89. The van der Waals surface area contributed by atoms with E-state index in [1.54, 1.807) is 0 Å². The number of ether oxygens (including phenoxy) is 1. The van der Waals surface area contributed by atoms with E-state index in [-0.39, 0.29) is 33.6 Å². The zero-order valence-corrected chi connectivity index (χ0v) is 21.1. The molecule has 0 spiro atoms. The summed E-state index contributed by atoms with van der Waals surface area (Å²) in [5, 5.41) is 8.01. The number of amides is 4. The van der Waals surface area contributed by atoms with E-state index in [2.05, 4.69) is 25.2 Å². The molecule has 0 atom stereocenters. The summed E-state index contributed by atoms with van der Waals surface area (Å²) in [7, 11) is 0. The Hall–Kier alpha value is -3.32. The van der Waals surface area contributed by atoms with Crippen LogP contribution in [-0.4, -0.2) is 59.3 Å². The predicted molar refractivity (Wildman–Crippen MR) is 134 cm³/mol. The number of likely N-dealkylation sites (tertiary alicyclic amines) is 1. The molecule has 1 aromatic carbocycles. The number of unbranched alkanes of at least 4 members (excludes halogenated alkanes) is 1. The normalized spacial score (nSPS) is 15.4. The molecule has 2 fully saturated rings. The molecule has 4 amide bonds. The number of hydrogen-bond acceptors (Lipinski definition) is 7. The van der Waals surface area contributed by atoms with E-state index in [0.717, 1.165) is 62.9 Å². The maximum atomic E-state index is 14.3. The first-order chi connectivity index (χ1) is 17.8. The fraction of sp³-hybridized carbons (Fsp3) is 0.500. The highest BCUT2D eigenvalue weighted by molar-refractivity contribution is 7.11. The zero-order chi connectivity index (χ0) is 26.4. The molecule has 2 heterocycles. The van der Waals surface area contributed by atoms with Gasteiger partial charge in [0.1, 0.15) is 28.8 Å². The molecule has 37 heavy (non-hydrogen) atoms. The first kappa shape index (κ1) is 26.7. The topological polar surface area (TPSA) is 139 Å². The molecular weight excluding hydrogens is 506 g/mol. The number of nitrogens with two attached hydrogens (primary N) is 1. The van der Waals surface area contributed by atoms with Crippen molar-refractivity contribution in [2.24, 2.45) is 5.73 Å². The van der Waals surface area contributed by atoms with E-state index in [1.807, 2.05) is 0 Å². The van der Waals surface area contributed by atoms with Gasteiger partial charge in [-0.25, -0.2) is 13.6 Å². The fourth-order valence-corrected chi connectivity index (χ4v) is 4.74. The van der Waals surface area contributed by atoms with Crippen LogP contribution in [0.3, 0.4) is 0 Å². The van der Waals surface area contributed by atoms with Crippen molar-refractivity contribution < 1.29 is 27.9 Å². The van der Waals surface area contributed by atoms with Crippen LogP contribution in [0.2, 0.25) is 0 Å². The Morgan fingerprint density at radius 1 is 1.14 bits per heavy atom. The molecule has 1 aliphatic carbocycles. The zero-order valence-electron chi connectivity index (χ0n) is 20.3. The van der Waals surface area contributed by atoms with Crippen molar-refractivity contribution in [3.8, 4) is 5.88 Å². The highest BCUT2D eigenvalue weighted by Crippen LogP contribution is 2.31. The molecule has 10 nitrogen and oxygen atoms in total. The molecule has 200 valence electrons. The highest BCUT2D eigenvalue weighted by atomic mass is 32.1. The van der Waals surface area contributed by atoms with Crippen LogP contribution in [0.5, 0.6) is 5.88 Å². The van der Waals surface area contributed by atoms with Gasteiger partial charge in [0, 0.05) is 24.2 Å². The molecule has 2 aliphatic rings. The van der Waals surface area contributed by atoms with E-state index < -0.39 is 36.1 Å². The van der Waals surface area contributed by atoms with Gasteiger partial charge in [-0.2, -0.15) is 4.37 Å². The number of hydrogen-bond donors (Lipinski definition) is 4. The molecule has 1 saturated heterocycles. The Labute approximate surface area is 217 Å². The van der Waals surface area contributed by atoms with Gasteiger partial charge in [0.05, 0.1) is 5.56 Å². The second kappa shape index (κ2) is 12.3. The molecule has 4 rings (SSSR count). The van der Waals surface area contributed by atoms with Crippen molar-refractivity contribution in [3.05, 3.63) is 40.5 Å². The Morgan fingerprint density at radius 3 is 2.59 bits per heavy atom. The molecule has 5 N–H and O–H groups in total. The van der Waals surface area contributed by atoms with Crippen molar-refractivity contribution in [2.45, 2.75) is 51.2 Å². The fourth-order valence-electron chi connectivity index (χ4n) is 4.01. The van der Waals surface area contributed by atoms with Gasteiger partial charge < -0.3 is 26.0 Å². The summed E-state index contributed by atoms with van der Waals surface area (Å²) in [5.74, 6) is -3.64. The third kappa shape index (κ3) is 7.35. The molecular formula is C24H30F2N6O4S. The minimum atomic E-state index is -0.987. The van der Waals surface area contributed by atoms with Crippen molar-refractivity contribution in [1.82, 2.24) is 19.9 Å². The summed E-state index contributed by atoms with van der Waals surface area (Å²) >= 11 is 0.785. The van der Waals surface area contributed by atoms with Gasteiger partial charge in [-0.3, -0.25) is 14.9 Å². The minimum Gasteiger partial charge on any atom is -0.471 e. The quantitative estimate of drug-likeness (QED) is 0.308. The molecule has 2 aromatic rings. The number of nitrogens with zero attached hydrogens (tertiary/aromatic N) is 2. The maximum absolute atomic E-state index is 14.3. The van der Waals surface area contributed by atoms with Crippen LogP contribution in [0, 0.1) is 11.6 Å². The average Bonchev–Trinajstić information content (AvgIpc) is 3.33. The Bertz CT molecular complexity index is 1150. The van der Waals surface area contributed by atoms with Gasteiger partial charge in [-0.15, -0.1) is 0 Å². The van der Waals surface area contributed by atoms with E-state index >= 15 is 0 Å². The average molecular weight is 537 g/mol. The number of rotatable bonds is 12. The van der Waals surface area contributed by atoms with Crippen molar-refractivity contribution in [3.63, 3.8) is 0 Å². The van der Waals surface area contributed by atoms with Crippen molar-refractivity contribution in [1.29, 1.82) is 0 Å². The molecule has 13 heteroatoms. The lowest BCUT2D eigenvalue weighted by molar-refractivity contribution is 0.0945. The number of carbonyl (C=O) groups is 3. The number of urea groups is 1. The standard InChI is InChI=1S/C24H30F2N6O4S/c25-17-12-18(26)16(21(34)29-15-5-6-15)11-14(17)13-36-22-19(20(27)33)23(37-31-22)30-24(35)28-7-1-2-8-32-9-3-4-10-32/h11-12,15H,1-10,13H2,(H2,27,33)(H,29,34)(H2,28,30,35). The molecule has 1 saturated carbocycles. The van der Waals surface area contributed by atoms with Crippen LogP contribution in [0.4, 0.5) is 18.6 Å². The van der Waals surface area contributed by atoms with Gasteiger partial charge >= 0.3 is 6.03 Å². The molecule has 1 aromatic heterocycles. The summed E-state index contributed by atoms with van der Waals surface area (Å²) in [6.45, 7) is 3.29. The van der Waals surface area contributed by atoms with Gasteiger partial charge in [-0.05, 0) is 75.8 Å². The monoisotopic (exact) mass is 536 g/mol. The van der Waals surface area contributed by atoms with E-state index in [9.17, 15) is 23.2 Å². The maximum Gasteiger partial charge on any atom is 0.319 e. The largest absolute Gasteiger partial charge is 0.471 e. The van der Waals surface area contributed by atoms with Crippen LogP contribution in [0.25, 0.3) is 0 Å². The first-order valence-electron chi connectivity index (χ1n) is 12.3. The summed E-state index contributed by atoms with van der Waals surface area (Å²) in [4.78, 5) is 39.0. The smallest absolute Gasteiger partial charge is 0.319 e. The van der Waals surface area contributed by atoms with Crippen molar-refractivity contribution >= 4 is 34.4 Å². The van der Waals surface area contributed by atoms with E-state index in [0.29, 0.717) is 12.6 Å². The number of anilines is 1. The number of primary amides is 1. The Balaban J connectivity index is 1.32. The Morgan fingerprint density at radius 2 is 1.89 bits per heavy atom. The predicted octanol–water partition coefficient (Wildman–Crippen LogP) is 2.99. The van der Waals surface area contributed by atoms with Crippen LogP contribution >= 0.6 is 11.5 Å². The van der Waals surface area contributed by atoms with Crippen molar-refractivity contribution in [2.75, 3.05) is 31.5 Å². The third-order valence-corrected chi connectivity index (χ3v) is 6.92. The van der Waals surface area contributed by atoms with Gasteiger partial charge in [0.15, 0.2) is 0 Å². The lowest BCUT2D eigenvalue weighted by atomic mass is 10.1. The second-order valence-electron chi connectivity index (χ2n) is 9.15. The lowest BCUT2D eigenvalue weighted by Gasteiger charge is -2.14. The number of carbonyl (C=O) groups excluding carboxylic acids is 3. The van der Waals surface area contributed by atoms with Gasteiger partial charge in [0.2, 0.25) is 5.88 Å². The third-order valence-electron chi connectivity index (χ3n) is 6.18. The molecule has 0 unspecified atom stereocenters. The molecule has 1 aliphatic heterocycles. The highest BCUT2D eigenvalue weighted by Gasteiger charge is 2.26. The summed E-state index contributed by atoms with van der Waals surface area (Å²) in [6, 6.07) is 1.16. The SMILES string of the molecule is NC(=O)c1c(OCc2cc(C(=O)NC3CC3)c(F)cc2F)nsc1NC(=O)NCCCCN1CCCC1. The molecule has 0 radical (unpaired) electrons. The summed E-state index contributed by atoms with van der Waals surface area (Å²) < 4.78 is 38.0. The van der Waals surface area contributed by atoms with Gasteiger partial charge in [0.25, 0.3) is 11.8 Å². The molecule has 0 bridgehead atoms. The van der Waals surface area contributed by atoms with Gasteiger partial charge in [-0.1, -0.05) is 0 Å². The number of aromatic nitrogens is 1. The minimum absolute atomic E-state index is 0.00262. The van der Waals surface area contributed by atoms with Crippen LogP contribution in [-0.2, 0) is 6.61 Å². The van der Waals surface area contributed by atoms with Crippen LogP contribution < -0.4 is 26.4 Å². The first-order valence-corrected chi connectivity index (χ1v) is 13.1. The van der Waals surface area contributed by atoms with E-state index in [1.165, 1.54) is 12.8 Å². The van der Waals surface area contributed by atoms with E-state index in [4.69, 9.17) is 10.5 Å². The Kier molecular flexibility index (Phi) is 8.87. The number of benzene rings is 1. The van der Waals surface area contributed by atoms with Crippen LogP contribution in [0.15, 0.2) is 12.1 Å². The number of nitrogens with one attached hydrogen (secondary N) is 3. The lowest BCUT2D eigenvalue weighted by Crippen LogP contribution is -2.30. The second-order valence-corrected chi connectivity index (χ2v) is 9.93. The summed E-state index contributed by atoms with van der Waals surface area (Å²) in [5.41, 5.74) is 4.89.